The lowest BCUT2D eigenvalue weighted by Crippen LogP contribution is -2.59. The lowest BCUT2D eigenvalue weighted by molar-refractivity contribution is -0.142. The van der Waals surface area contributed by atoms with Crippen LogP contribution in [0, 0.1) is 0 Å². The van der Waals surface area contributed by atoms with E-state index in [1.807, 2.05) is 24.3 Å². The van der Waals surface area contributed by atoms with E-state index in [0.29, 0.717) is 11.3 Å². The number of carboxylic acid groups (broad SMARTS) is 1. The number of imidazole rings is 1. The molecule has 5 atom stereocenters. The van der Waals surface area contributed by atoms with Crippen LogP contribution < -0.4 is 21.7 Å². The molecule has 38 heavy (non-hydrogen) atoms. The zero-order valence-electron chi connectivity index (χ0n) is 20.5. The van der Waals surface area contributed by atoms with E-state index in [2.05, 4.69) is 43.5 Å². The third kappa shape index (κ3) is 7.34. The third-order valence-corrected chi connectivity index (χ3v) is 6.33. The Hall–Kier alpha value is -3.88. The fraction of sp³-hybridized carbons (Fsp3) is 0.375. The van der Waals surface area contributed by atoms with Gasteiger partial charge in [0.25, 0.3) is 0 Å². The average Bonchev–Trinajstić information content (AvgIpc) is 3.55. The number of para-hydroxylation sites is 1. The number of rotatable bonds is 13. The van der Waals surface area contributed by atoms with Gasteiger partial charge in [0, 0.05) is 47.6 Å². The first-order valence-electron chi connectivity index (χ1n) is 11.8. The van der Waals surface area contributed by atoms with Crippen molar-refractivity contribution < 1.29 is 29.4 Å². The fourth-order valence-electron chi connectivity index (χ4n) is 3.77. The van der Waals surface area contributed by atoms with E-state index < -0.39 is 54.0 Å². The van der Waals surface area contributed by atoms with Gasteiger partial charge in [-0.3, -0.25) is 14.4 Å². The first-order valence-corrected chi connectivity index (χ1v) is 12.4. The van der Waals surface area contributed by atoms with E-state index >= 15 is 0 Å². The maximum atomic E-state index is 13.3. The highest BCUT2D eigenvalue weighted by atomic mass is 32.1. The summed E-state index contributed by atoms with van der Waals surface area (Å²) in [5.74, 6) is -3.62. The highest BCUT2D eigenvalue weighted by Gasteiger charge is 2.31. The molecule has 0 spiro atoms. The number of benzene rings is 1. The van der Waals surface area contributed by atoms with Crippen molar-refractivity contribution in [3.8, 4) is 0 Å². The Morgan fingerprint density at radius 2 is 1.66 bits per heavy atom. The van der Waals surface area contributed by atoms with Crippen molar-refractivity contribution in [1.29, 1.82) is 0 Å². The molecule has 0 aliphatic carbocycles. The van der Waals surface area contributed by atoms with Crippen molar-refractivity contribution >= 4 is 47.2 Å². The molecule has 9 N–H and O–H groups in total. The van der Waals surface area contributed by atoms with E-state index in [-0.39, 0.29) is 18.6 Å². The molecule has 0 bridgehead atoms. The normalized spacial score (nSPS) is 15.2. The highest BCUT2D eigenvalue weighted by Crippen LogP contribution is 2.19. The molecule has 2 aromatic heterocycles. The first-order chi connectivity index (χ1) is 18.1. The largest absolute Gasteiger partial charge is 0.480 e. The number of aliphatic carboxylic acids is 1. The minimum absolute atomic E-state index is 0.0262. The third-order valence-electron chi connectivity index (χ3n) is 5.96. The van der Waals surface area contributed by atoms with Crippen LogP contribution in [0.15, 0.2) is 43.0 Å². The van der Waals surface area contributed by atoms with E-state index in [9.17, 15) is 29.4 Å². The molecule has 1 aromatic carbocycles. The van der Waals surface area contributed by atoms with Crippen LogP contribution in [-0.2, 0) is 32.0 Å². The number of amides is 3. The summed E-state index contributed by atoms with van der Waals surface area (Å²) in [6.45, 7) is 1.34. The molecule has 13 nitrogen and oxygen atoms in total. The molecule has 0 saturated heterocycles. The summed E-state index contributed by atoms with van der Waals surface area (Å²) in [5, 5.41) is 27.6. The topological polar surface area (TPSA) is 215 Å². The molecule has 5 unspecified atom stereocenters. The smallest absolute Gasteiger partial charge is 0.326 e. The van der Waals surface area contributed by atoms with Crippen LogP contribution in [0.3, 0.4) is 0 Å². The highest BCUT2D eigenvalue weighted by molar-refractivity contribution is 7.80. The van der Waals surface area contributed by atoms with Crippen LogP contribution in [0.25, 0.3) is 10.9 Å². The van der Waals surface area contributed by atoms with Gasteiger partial charge in [-0.25, -0.2) is 9.78 Å². The van der Waals surface area contributed by atoms with Gasteiger partial charge in [0.05, 0.1) is 12.4 Å². The molecule has 0 radical (unpaired) electrons. The number of carboxylic acids is 1. The second-order valence-electron chi connectivity index (χ2n) is 8.82. The molecular weight excluding hydrogens is 514 g/mol. The number of hydrogen-bond donors (Lipinski definition) is 9. The minimum atomic E-state index is -1.30. The molecule has 0 fully saturated rings. The molecule has 3 aromatic rings. The standard InChI is InChI=1S/C24H31N7O6S/c1-12(32)20(25)23(35)31-19(10-38)22(34)29-17(6-13-8-27-16-5-3-2-4-15(13)16)21(33)30-18(24(36)37)7-14-9-26-11-28-14/h2-5,8-9,11-12,17-20,27,32,38H,6-7,10,25H2,1H3,(H,26,28)(H,29,34)(H,30,33)(H,31,35)(H,36,37). The number of carbonyl (C=O) groups excluding carboxylic acids is 3. The molecule has 14 heteroatoms. The molecule has 2 heterocycles. The van der Waals surface area contributed by atoms with Gasteiger partial charge in [0.1, 0.15) is 24.2 Å². The Balaban J connectivity index is 1.82. The number of aliphatic hydroxyl groups is 1. The van der Waals surface area contributed by atoms with Crippen LogP contribution in [0.1, 0.15) is 18.2 Å². The second kappa shape index (κ2) is 13.1. The van der Waals surface area contributed by atoms with Gasteiger partial charge in [0.2, 0.25) is 17.7 Å². The lowest BCUT2D eigenvalue weighted by Gasteiger charge is -2.25. The number of hydrogen-bond acceptors (Lipinski definition) is 8. The Kier molecular flexibility index (Phi) is 9.87. The quantitative estimate of drug-likeness (QED) is 0.119. The summed E-state index contributed by atoms with van der Waals surface area (Å²) in [7, 11) is 0. The average molecular weight is 546 g/mol. The molecule has 0 aliphatic rings. The first kappa shape index (κ1) is 28.7. The number of carbonyl (C=O) groups is 4. The summed E-state index contributed by atoms with van der Waals surface area (Å²) in [5.41, 5.74) is 7.68. The number of fused-ring (bicyclic) bond motifs is 1. The zero-order valence-corrected chi connectivity index (χ0v) is 21.4. The van der Waals surface area contributed by atoms with Crippen LogP contribution in [0.2, 0.25) is 0 Å². The van der Waals surface area contributed by atoms with Crippen molar-refractivity contribution in [2.75, 3.05) is 5.75 Å². The molecule has 3 rings (SSSR count). The predicted octanol–water partition coefficient (Wildman–Crippen LogP) is -1.15. The Labute approximate surface area is 223 Å². The lowest BCUT2D eigenvalue weighted by atomic mass is 10.0. The van der Waals surface area contributed by atoms with Gasteiger partial charge in [0.15, 0.2) is 0 Å². The zero-order chi connectivity index (χ0) is 27.8. The van der Waals surface area contributed by atoms with Crippen LogP contribution in [0.4, 0.5) is 0 Å². The van der Waals surface area contributed by atoms with Crippen molar-refractivity contribution in [2.45, 2.75) is 50.0 Å². The van der Waals surface area contributed by atoms with Crippen molar-refractivity contribution in [3.05, 3.63) is 54.2 Å². The van der Waals surface area contributed by atoms with E-state index in [4.69, 9.17) is 5.73 Å². The number of H-pyrrole nitrogens is 2. The number of aromatic nitrogens is 3. The van der Waals surface area contributed by atoms with Gasteiger partial charge < -0.3 is 41.9 Å². The monoisotopic (exact) mass is 545 g/mol. The molecular formula is C24H31N7O6S. The number of nitrogens with zero attached hydrogens (tertiary/aromatic N) is 1. The summed E-state index contributed by atoms with van der Waals surface area (Å²) < 4.78 is 0. The summed E-state index contributed by atoms with van der Waals surface area (Å²) in [6.07, 6.45) is 3.37. The van der Waals surface area contributed by atoms with Crippen molar-refractivity contribution in [1.82, 2.24) is 30.9 Å². The van der Waals surface area contributed by atoms with E-state index in [1.165, 1.54) is 19.4 Å². The van der Waals surface area contributed by atoms with Crippen molar-refractivity contribution in [3.63, 3.8) is 0 Å². The molecule has 3 amide bonds. The summed E-state index contributed by atoms with van der Waals surface area (Å²) in [4.78, 5) is 60.3. The molecule has 0 aliphatic heterocycles. The summed E-state index contributed by atoms with van der Waals surface area (Å²) in [6, 6.07) is 2.45. The number of nitrogens with two attached hydrogens (primary N) is 1. The fourth-order valence-corrected chi connectivity index (χ4v) is 4.03. The Morgan fingerprint density at radius 1 is 1.00 bits per heavy atom. The van der Waals surface area contributed by atoms with Crippen molar-refractivity contribution in [2.24, 2.45) is 5.73 Å². The van der Waals surface area contributed by atoms with Gasteiger partial charge >= 0.3 is 5.97 Å². The Bertz CT molecular complexity index is 1260. The summed E-state index contributed by atoms with van der Waals surface area (Å²) >= 11 is 4.12. The van der Waals surface area contributed by atoms with E-state index in [1.54, 1.807) is 6.20 Å². The Morgan fingerprint density at radius 3 is 2.29 bits per heavy atom. The molecule has 0 saturated carbocycles. The van der Waals surface area contributed by atoms with Crippen LogP contribution in [-0.4, -0.2) is 84.9 Å². The van der Waals surface area contributed by atoms with Gasteiger partial charge in [-0.2, -0.15) is 12.6 Å². The van der Waals surface area contributed by atoms with Gasteiger partial charge in [-0.1, -0.05) is 18.2 Å². The number of aliphatic hydroxyl groups excluding tert-OH is 1. The maximum absolute atomic E-state index is 13.3. The van der Waals surface area contributed by atoms with Gasteiger partial charge in [-0.15, -0.1) is 0 Å². The SMILES string of the molecule is CC(O)C(N)C(=O)NC(CS)C(=O)NC(Cc1c[nH]c2ccccc12)C(=O)NC(Cc1cnc[nH]1)C(=O)O. The van der Waals surface area contributed by atoms with Crippen LogP contribution in [0.5, 0.6) is 0 Å². The maximum Gasteiger partial charge on any atom is 0.326 e. The van der Waals surface area contributed by atoms with Crippen LogP contribution >= 0.6 is 12.6 Å². The number of thiol groups is 1. The number of aromatic amines is 2. The molecule has 204 valence electrons. The number of nitrogens with one attached hydrogen (secondary N) is 5. The predicted molar refractivity (Wildman–Crippen MR) is 141 cm³/mol. The van der Waals surface area contributed by atoms with E-state index in [0.717, 1.165) is 10.9 Å². The minimum Gasteiger partial charge on any atom is -0.480 e. The second-order valence-corrected chi connectivity index (χ2v) is 9.18. The van der Waals surface area contributed by atoms with Gasteiger partial charge in [-0.05, 0) is 18.6 Å².